The average Bonchev–Trinajstić information content (AvgIpc) is 2.08. The van der Waals surface area contributed by atoms with E-state index in [0.717, 1.165) is 12.5 Å². The normalized spacial score (nSPS) is 22.7. The number of rotatable bonds is 1. The Kier molecular flexibility index (Phi) is 6.84. The minimum Gasteiger partial charge on any atom is -0.405 e. The third-order valence-corrected chi connectivity index (χ3v) is 1.67. The van der Waals surface area contributed by atoms with Crippen LogP contribution in [0.4, 0.5) is 0 Å². The Morgan fingerprint density at radius 2 is 2.09 bits per heavy atom. The van der Waals surface area contributed by atoms with Crippen LogP contribution in [-0.2, 0) is 0 Å². The Morgan fingerprint density at radius 3 is 2.36 bits per heavy atom. The number of nitrogens with two attached hydrogens (primary N) is 1. The van der Waals surface area contributed by atoms with Crippen molar-refractivity contribution < 1.29 is 0 Å². The van der Waals surface area contributed by atoms with Crippen LogP contribution in [0.5, 0.6) is 0 Å². The van der Waals surface area contributed by atoms with Gasteiger partial charge in [0.25, 0.3) is 0 Å². The molecule has 0 radical (unpaired) electrons. The largest absolute Gasteiger partial charge is 0.405 e. The molecule has 0 amide bonds. The van der Waals surface area contributed by atoms with Crippen LogP contribution < -0.4 is 11.1 Å². The summed E-state index contributed by atoms with van der Waals surface area (Å²) < 4.78 is 0. The lowest BCUT2D eigenvalue weighted by atomic mass is 10.0. The van der Waals surface area contributed by atoms with E-state index in [1.807, 2.05) is 6.08 Å². The van der Waals surface area contributed by atoms with Gasteiger partial charge in [-0.3, -0.25) is 0 Å². The summed E-state index contributed by atoms with van der Waals surface area (Å²) in [7, 11) is 0. The molecule has 1 fully saturated rings. The average molecular weight is 154 g/mol. The SMILES string of the molecule is C=CC1CCCNC1.C=CN. The molecule has 11 heavy (non-hydrogen) atoms. The van der Waals surface area contributed by atoms with E-state index in [0.29, 0.717) is 0 Å². The zero-order chi connectivity index (χ0) is 8.53. The number of piperidine rings is 1. The molecule has 1 rings (SSSR count). The molecule has 1 saturated heterocycles. The highest BCUT2D eigenvalue weighted by Crippen LogP contribution is 2.09. The van der Waals surface area contributed by atoms with Crippen LogP contribution in [0.25, 0.3) is 0 Å². The first kappa shape index (κ1) is 10.2. The fraction of sp³-hybridized carbons (Fsp3) is 0.556. The summed E-state index contributed by atoms with van der Waals surface area (Å²) in [6, 6.07) is 0. The highest BCUT2D eigenvalue weighted by Gasteiger charge is 2.06. The molecule has 0 aliphatic carbocycles. The Bertz CT molecular complexity index is 104. The second-order valence-electron chi connectivity index (χ2n) is 2.58. The zero-order valence-electron chi connectivity index (χ0n) is 7.05. The zero-order valence-corrected chi connectivity index (χ0v) is 7.05. The van der Waals surface area contributed by atoms with Gasteiger partial charge in [-0.25, -0.2) is 0 Å². The van der Waals surface area contributed by atoms with E-state index < -0.39 is 0 Å². The van der Waals surface area contributed by atoms with E-state index in [9.17, 15) is 0 Å². The lowest BCUT2D eigenvalue weighted by Crippen LogP contribution is -2.28. The van der Waals surface area contributed by atoms with E-state index >= 15 is 0 Å². The lowest BCUT2D eigenvalue weighted by molar-refractivity contribution is 0.439. The second-order valence-corrected chi connectivity index (χ2v) is 2.58. The Balaban J connectivity index is 0.000000292. The molecule has 0 bridgehead atoms. The highest BCUT2D eigenvalue weighted by atomic mass is 14.9. The van der Waals surface area contributed by atoms with E-state index in [-0.39, 0.29) is 0 Å². The summed E-state index contributed by atoms with van der Waals surface area (Å²) in [6.45, 7) is 9.22. The third-order valence-electron chi connectivity index (χ3n) is 1.67. The van der Waals surface area contributed by atoms with Crippen molar-refractivity contribution in [3.63, 3.8) is 0 Å². The Labute approximate surface area is 69.2 Å². The molecular weight excluding hydrogens is 136 g/mol. The molecule has 1 aliphatic heterocycles. The van der Waals surface area contributed by atoms with Crippen molar-refractivity contribution in [3.8, 4) is 0 Å². The van der Waals surface area contributed by atoms with Crippen molar-refractivity contribution in [1.29, 1.82) is 0 Å². The van der Waals surface area contributed by atoms with Crippen LogP contribution in [0, 0.1) is 5.92 Å². The molecule has 1 aliphatic rings. The van der Waals surface area contributed by atoms with Crippen LogP contribution >= 0.6 is 0 Å². The molecule has 0 aromatic heterocycles. The van der Waals surface area contributed by atoms with Crippen LogP contribution in [0.2, 0.25) is 0 Å². The topological polar surface area (TPSA) is 38.0 Å². The summed E-state index contributed by atoms with van der Waals surface area (Å²) in [5.41, 5.74) is 4.61. The van der Waals surface area contributed by atoms with Gasteiger partial charge in [0.2, 0.25) is 0 Å². The second kappa shape index (κ2) is 7.35. The van der Waals surface area contributed by atoms with Crippen molar-refractivity contribution in [3.05, 3.63) is 25.4 Å². The first-order chi connectivity index (χ1) is 5.35. The van der Waals surface area contributed by atoms with Crippen molar-refractivity contribution in [2.24, 2.45) is 11.7 Å². The smallest absolute Gasteiger partial charge is 0.00141 e. The van der Waals surface area contributed by atoms with Gasteiger partial charge in [0.1, 0.15) is 0 Å². The predicted octanol–water partition coefficient (Wildman–Crippen LogP) is 1.26. The highest BCUT2D eigenvalue weighted by molar-refractivity contribution is 4.83. The fourth-order valence-corrected chi connectivity index (χ4v) is 1.08. The maximum Gasteiger partial charge on any atom is 0.00141 e. The first-order valence-corrected chi connectivity index (χ1v) is 4.01. The van der Waals surface area contributed by atoms with Gasteiger partial charge in [-0.2, -0.15) is 0 Å². The molecule has 0 spiro atoms. The van der Waals surface area contributed by atoms with Gasteiger partial charge < -0.3 is 11.1 Å². The molecule has 0 aromatic rings. The molecule has 64 valence electrons. The van der Waals surface area contributed by atoms with Gasteiger partial charge in [0, 0.05) is 6.54 Å². The summed E-state index contributed by atoms with van der Waals surface area (Å²) >= 11 is 0. The summed E-state index contributed by atoms with van der Waals surface area (Å²) in [4.78, 5) is 0. The third kappa shape index (κ3) is 5.67. The predicted molar refractivity (Wildman–Crippen MR) is 50.2 cm³/mol. The van der Waals surface area contributed by atoms with Crippen molar-refractivity contribution in [1.82, 2.24) is 5.32 Å². The summed E-state index contributed by atoms with van der Waals surface area (Å²) in [6.07, 6.45) is 5.94. The van der Waals surface area contributed by atoms with Gasteiger partial charge in [0.05, 0.1) is 0 Å². The molecule has 3 N–H and O–H groups in total. The monoisotopic (exact) mass is 154 g/mol. The first-order valence-electron chi connectivity index (χ1n) is 4.01. The number of hydrogen-bond donors (Lipinski definition) is 2. The van der Waals surface area contributed by atoms with Crippen molar-refractivity contribution >= 4 is 0 Å². The number of hydrogen-bond acceptors (Lipinski definition) is 2. The molecule has 1 atom stereocenters. The van der Waals surface area contributed by atoms with E-state index in [1.54, 1.807) is 0 Å². The Hall–Kier alpha value is -0.760. The quantitative estimate of drug-likeness (QED) is 0.558. The molecule has 2 heteroatoms. The maximum atomic E-state index is 4.61. The van der Waals surface area contributed by atoms with Crippen LogP contribution in [0.3, 0.4) is 0 Å². The van der Waals surface area contributed by atoms with Gasteiger partial charge >= 0.3 is 0 Å². The van der Waals surface area contributed by atoms with E-state index in [1.165, 1.54) is 25.6 Å². The minimum atomic E-state index is 0.740. The van der Waals surface area contributed by atoms with Gasteiger partial charge in [-0.15, -0.1) is 6.58 Å². The standard InChI is InChI=1S/C7H13N.C2H5N/c1-2-7-4-3-5-8-6-7;1-2-3/h2,7-8H,1,3-6H2;2H,1,3H2. The molecular formula is C9H18N2. The fourth-order valence-electron chi connectivity index (χ4n) is 1.08. The van der Waals surface area contributed by atoms with Crippen LogP contribution in [-0.4, -0.2) is 13.1 Å². The van der Waals surface area contributed by atoms with Gasteiger partial charge in [0.15, 0.2) is 0 Å². The Morgan fingerprint density at radius 1 is 1.45 bits per heavy atom. The number of nitrogens with one attached hydrogen (secondary N) is 1. The van der Waals surface area contributed by atoms with E-state index in [4.69, 9.17) is 0 Å². The molecule has 2 nitrogen and oxygen atoms in total. The van der Waals surface area contributed by atoms with E-state index in [2.05, 4.69) is 24.2 Å². The van der Waals surface area contributed by atoms with Gasteiger partial charge in [-0.1, -0.05) is 12.7 Å². The maximum absolute atomic E-state index is 4.61. The minimum absolute atomic E-state index is 0.740. The molecule has 0 saturated carbocycles. The molecule has 1 heterocycles. The van der Waals surface area contributed by atoms with Crippen LogP contribution in [0.1, 0.15) is 12.8 Å². The van der Waals surface area contributed by atoms with Crippen LogP contribution in [0.15, 0.2) is 25.4 Å². The van der Waals surface area contributed by atoms with Crippen molar-refractivity contribution in [2.75, 3.05) is 13.1 Å². The lowest BCUT2D eigenvalue weighted by Gasteiger charge is -2.18. The molecule has 0 aromatic carbocycles. The summed E-state index contributed by atoms with van der Waals surface area (Å²) in [5.74, 6) is 0.740. The van der Waals surface area contributed by atoms with Crippen molar-refractivity contribution in [2.45, 2.75) is 12.8 Å². The summed E-state index contributed by atoms with van der Waals surface area (Å²) in [5, 5.41) is 3.31. The molecule has 1 unspecified atom stereocenters. The van der Waals surface area contributed by atoms with Gasteiger partial charge in [-0.05, 0) is 31.5 Å².